The number of nitrogens with one attached hydrogen (secondary N) is 1. The summed E-state index contributed by atoms with van der Waals surface area (Å²) in [6.07, 6.45) is 3.79. The van der Waals surface area contributed by atoms with Crippen molar-refractivity contribution in [3.8, 4) is 6.07 Å². The SMILES string of the molecule is Cc1ccc(NCc2cc(C#N)n(C)c2)c2cccnc12. The number of hydrogen-bond donors (Lipinski definition) is 1. The van der Waals surface area contributed by atoms with Crippen LogP contribution >= 0.6 is 0 Å². The van der Waals surface area contributed by atoms with Crippen molar-refractivity contribution in [2.24, 2.45) is 7.05 Å². The fraction of sp³-hybridized carbons (Fsp3) is 0.176. The first kappa shape index (κ1) is 13.2. The van der Waals surface area contributed by atoms with E-state index in [0.717, 1.165) is 22.2 Å². The van der Waals surface area contributed by atoms with Crippen LogP contribution in [0.1, 0.15) is 16.8 Å². The van der Waals surface area contributed by atoms with Crippen molar-refractivity contribution >= 4 is 16.6 Å². The van der Waals surface area contributed by atoms with Crippen LogP contribution in [0.15, 0.2) is 42.7 Å². The van der Waals surface area contributed by atoms with E-state index in [9.17, 15) is 0 Å². The van der Waals surface area contributed by atoms with E-state index < -0.39 is 0 Å². The molecule has 104 valence electrons. The normalized spacial score (nSPS) is 10.5. The summed E-state index contributed by atoms with van der Waals surface area (Å²) in [6, 6.07) is 12.3. The lowest BCUT2D eigenvalue weighted by molar-refractivity contribution is 0.902. The maximum absolute atomic E-state index is 8.99. The molecule has 3 aromatic rings. The van der Waals surface area contributed by atoms with E-state index in [1.54, 1.807) is 0 Å². The average molecular weight is 276 g/mol. The molecule has 0 unspecified atom stereocenters. The van der Waals surface area contributed by atoms with Crippen molar-refractivity contribution in [1.82, 2.24) is 9.55 Å². The second-order valence-corrected chi connectivity index (χ2v) is 5.14. The van der Waals surface area contributed by atoms with Gasteiger partial charge in [0.25, 0.3) is 0 Å². The molecule has 4 heteroatoms. The first-order chi connectivity index (χ1) is 10.2. The molecule has 1 aromatic carbocycles. The molecule has 0 radical (unpaired) electrons. The molecule has 0 bridgehead atoms. The van der Waals surface area contributed by atoms with Gasteiger partial charge < -0.3 is 9.88 Å². The van der Waals surface area contributed by atoms with E-state index >= 15 is 0 Å². The van der Waals surface area contributed by atoms with Gasteiger partial charge in [-0.1, -0.05) is 6.07 Å². The fourth-order valence-corrected chi connectivity index (χ4v) is 2.51. The maximum atomic E-state index is 8.99. The molecule has 1 N–H and O–H groups in total. The molecule has 0 amide bonds. The van der Waals surface area contributed by atoms with Crippen molar-refractivity contribution in [3.63, 3.8) is 0 Å². The Bertz CT molecular complexity index is 840. The van der Waals surface area contributed by atoms with Crippen molar-refractivity contribution in [2.75, 3.05) is 5.32 Å². The molecule has 3 rings (SSSR count). The lowest BCUT2D eigenvalue weighted by atomic mass is 10.1. The van der Waals surface area contributed by atoms with E-state index in [1.807, 2.05) is 36.1 Å². The zero-order valence-electron chi connectivity index (χ0n) is 12.1. The Kier molecular flexibility index (Phi) is 3.33. The number of pyridine rings is 1. The molecule has 2 aromatic heterocycles. The summed E-state index contributed by atoms with van der Waals surface area (Å²) in [5.41, 5.74) is 5.01. The molecule has 0 aliphatic heterocycles. The van der Waals surface area contributed by atoms with Gasteiger partial charge in [0.05, 0.1) is 5.52 Å². The van der Waals surface area contributed by atoms with Gasteiger partial charge in [0.15, 0.2) is 0 Å². The highest BCUT2D eigenvalue weighted by molar-refractivity contribution is 5.93. The van der Waals surface area contributed by atoms with Crippen LogP contribution in [0.2, 0.25) is 0 Å². The van der Waals surface area contributed by atoms with Crippen LogP contribution in [0.4, 0.5) is 5.69 Å². The number of nitriles is 1. The van der Waals surface area contributed by atoms with Gasteiger partial charge in [0.2, 0.25) is 0 Å². The third kappa shape index (κ3) is 2.46. The molecule has 0 saturated heterocycles. The van der Waals surface area contributed by atoms with Crippen molar-refractivity contribution in [3.05, 3.63) is 59.5 Å². The van der Waals surface area contributed by atoms with E-state index in [4.69, 9.17) is 5.26 Å². The lowest BCUT2D eigenvalue weighted by Gasteiger charge is -2.10. The molecule has 2 heterocycles. The number of hydrogen-bond acceptors (Lipinski definition) is 3. The minimum absolute atomic E-state index is 0.669. The van der Waals surface area contributed by atoms with Crippen LogP contribution in [0.3, 0.4) is 0 Å². The second kappa shape index (κ2) is 5.29. The Balaban J connectivity index is 1.89. The minimum Gasteiger partial charge on any atom is -0.380 e. The Morgan fingerprint density at radius 1 is 1.33 bits per heavy atom. The first-order valence-electron chi connectivity index (χ1n) is 6.82. The summed E-state index contributed by atoms with van der Waals surface area (Å²) in [4.78, 5) is 4.44. The molecule has 0 fully saturated rings. The Morgan fingerprint density at radius 3 is 2.95 bits per heavy atom. The standard InChI is InChI=1S/C17H16N4/c1-12-5-6-16(15-4-3-7-19-17(12)15)20-10-13-8-14(9-18)21(2)11-13/h3-8,11,20H,10H2,1-2H3. The molecule has 0 saturated carbocycles. The molecular formula is C17H16N4. The number of benzene rings is 1. The topological polar surface area (TPSA) is 53.6 Å². The van der Waals surface area contributed by atoms with Gasteiger partial charge in [-0.2, -0.15) is 5.26 Å². The summed E-state index contributed by atoms with van der Waals surface area (Å²) in [6.45, 7) is 2.75. The van der Waals surface area contributed by atoms with Crippen LogP contribution in [0.5, 0.6) is 0 Å². The summed E-state index contributed by atoms with van der Waals surface area (Å²) in [5, 5.41) is 13.5. The van der Waals surface area contributed by atoms with Crippen molar-refractivity contribution < 1.29 is 0 Å². The Labute approximate surface area is 123 Å². The fourth-order valence-electron chi connectivity index (χ4n) is 2.51. The van der Waals surface area contributed by atoms with Crippen LogP contribution < -0.4 is 5.32 Å². The molecule has 0 atom stereocenters. The number of fused-ring (bicyclic) bond motifs is 1. The molecule has 21 heavy (non-hydrogen) atoms. The van der Waals surface area contributed by atoms with Crippen LogP contribution in [0, 0.1) is 18.3 Å². The number of nitrogens with zero attached hydrogens (tertiary/aromatic N) is 3. The highest BCUT2D eigenvalue weighted by Crippen LogP contribution is 2.25. The van der Waals surface area contributed by atoms with Gasteiger partial charge in [-0.15, -0.1) is 0 Å². The largest absolute Gasteiger partial charge is 0.380 e. The molecule has 0 aliphatic carbocycles. The Morgan fingerprint density at radius 2 is 2.19 bits per heavy atom. The maximum Gasteiger partial charge on any atom is 0.120 e. The van der Waals surface area contributed by atoms with Crippen LogP contribution in [0.25, 0.3) is 10.9 Å². The first-order valence-corrected chi connectivity index (χ1v) is 6.82. The van der Waals surface area contributed by atoms with Gasteiger partial charge in [-0.3, -0.25) is 4.98 Å². The third-order valence-corrected chi connectivity index (χ3v) is 3.63. The summed E-state index contributed by atoms with van der Waals surface area (Å²) in [7, 11) is 1.88. The van der Waals surface area contributed by atoms with E-state index in [1.165, 1.54) is 5.56 Å². The van der Waals surface area contributed by atoms with Crippen molar-refractivity contribution in [1.29, 1.82) is 5.26 Å². The number of aryl methyl sites for hydroxylation is 2. The van der Waals surface area contributed by atoms with Gasteiger partial charge in [0, 0.05) is 37.1 Å². The second-order valence-electron chi connectivity index (χ2n) is 5.14. The minimum atomic E-state index is 0.669. The third-order valence-electron chi connectivity index (χ3n) is 3.63. The zero-order valence-corrected chi connectivity index (χ0v) is 12.1. The highest BCUT2D eigenvalue weighted by Gasteiger charge is 2.06. The van der Waals surface area contributed by atoms with E-state index in [2.05, 4.69) is 41.5 Å². The van der Waals surface area contributed by atoms with Crippen molar-refractivity contribution in [2.45, 2.75) is 13.5 Å². The number of aromatic nitrogens is 2. The monoisotopic (exact) mass is 276 g/mol. The summed E-state index contributed by atoms with van der Waals surface area (Å²) < 4.78 is 1.84. The molecule has 4 nitrogen and oxygen atoms in total. The predicted molar refractivity (Wildman–Crippen MR) is 83.9 cm³/mol. The Hall–Kier alpha value is -2.80. The zero-order chi connectivity index (χ0) is 14.8. The summed E-state index contributed by atoms with van der Waals surface area (Å²) in [5.74, 6) is 0. The highest BCUT2D eigenvalue weighted by atomic mass is 14.9. The van der Waals surface area contributed by atoms with E-state index in [-0.39, 0.29) is 0 Å². The van der Waals surface area contributed by atoms with Gasteiger partial charge >= 0.3 is 0 Å². The lowest BCUT2D eigenvalue weighted by Crippen LogP contribution is -2.00. The molecule has 0 aliphatic rings. The number of anilines is 1. The van der Waals surface area contributed by atoms with Crippen LogP contribution in [-0.2, 0) is 13.6 Å². The average Bonchev–Trinajstić information content (AvgIpc) is 2.87. The molecule has 0 spiro atoms. The van der Waals surface area contributed by atoms with Gasteiger partial charge in [-0.05, 0) is 42.3 Å². The van der Waals surface area contributed by atoms with Crippen LogP contribution in [-0.4, -0.2) is 9.55 Å². The van der Waals surface area contributed by atoms with Gasteiger partial charge in [0.1, 0.15) is 11.8 Å². The van der Waals surface area contributed by atoms with E-state index in [0.29, 0.717) is 12.2 Å². The van der Waals surface area contributed by atoms with Gasteiger partial charge in [-0.25, -0.2) is 0 Å². The predicted octanol–water partition coefficient (Wildman–Crippen LogP) is 3.37. The number of rotatable bonds is 3. The quantitative estimate of drug-likeness (QED) is 0.798. The summed E-state index contributed by atoms with van der Waals surface area (Å²) >= 11 is 0. The smallest absolute Gasteiger partial charge is 0.120 e. The molecular weight excluding hydrogens is 260 g/mol.